The molecule has 0 heterocycles. The lowest BCUT2D eigenvalue weighted by Gasteiger charge is -2.20. The van der Waals surface area contributed by atoms with E-state index >= 15 is 0 Å². The van der Waals surface area contributed by atoms with Crippen molar-refractivity contribution in [1.29, 1.82) is 0 Å². The Morgan fingerprint density at radius 2 is 1.88 bits per heavy atom. The Bertz CT molecular complexity index is 545. The molecular weight excluding hydrogens is 304 g/mol. The summed E-state index contributed by atoms with van der Waals surface area (Å²) in [6, 6.07) is 4.02. The lowest BCUT2D eigenvalue weighted by molar-refractivity contribution is 0.163. The quantitative estimate of drug-likeness (QED) is 0.281. The van der Waals surface area contributed by atoms with Crippen LogP contribution in [0.5, 0.6) is 11.5 Å². The van der Waals surface area contributed by atoms with Crippen LogP contribution in [0.3, 0.4) is 0 Å². The zero-order chi connectivity index (χ0) is 17.9. The van der Waals surface area contributed by atoms with Crippen LogP contribution in [0.25, 0.3) is 0 Å². The van der Waals surface area contributed by atoms with Crippen LogP contribution in [-0.2, 0) is 4.84 Å². The maximum absolute atomic E-state index is 5.99. The molecule has 1 rings (SSSR count). The van der Waals surface area contributed by atoms with E-state index in [2.05, 4.69) is 17.0 Å². The van der Waals surface area contributed by atoms with Crippen molar-refractivity contribution in [2.24, 2.45) is 5.16 Å². The van der Waals surface area contributed by atoms with Crippen LogP contribution < -0.4 is 9.47 Å². The summed E-state index contributed by atoms with van der Waals surface area (Å²) in [4.78, 5) is 6.92. The Labute approximate surface area is 145 Å². The fraction of sp³-hybridized carbons (Fsp3) is 0.526. The van der Waals surface area contributed by atoms with E-state index in [-0.39, 0.29) is 0 Å². The van der Waals surface area contributed by atoms with Crippen LogP contribution in [0.15, 0.2) is 29.4 Å². The molecule has 0 aliphatic heterocycles. The number of ether oxygens (including phenoxy) is 2. The minimum Gasteiger partial charge on any atom is -0.490 e. The highest BCUT2D eigenvalue weighted by Crippen LogP contribution is 2.28. The first-order valence-corrected chi connectivity index (χ1v) is 8.27. The number of benzene rings is 1. The van der Waals surface area contributed by atoms with Crippen LogP contribution in [0, 0.1) is 13.8 Å². The van der Waals surface area contributed by atoms with Gasteiger partial charge in [0.25, 0.3) is 0 Å². The number of aryl methyl sites for hydroxylation is 2. The second kappa shape index (κ2) is 10.7. The first kappa shape index (κ1) is 20.0. The predicted octanol–water partition coefficient (Wildman–Crippen LogP) is 3.94. The molecule has 0 aliphatic carbocycles. The van der Waals surface area contributed by atoms with Crippen LogP contribution >= 0.6 is 0 Å². The van der Waals surface area contributed by atoms with Crippen molar-refractivity contribution in [3.8, 4) is 11.5 Å². The van der Waals surface area contributed by atoms with E-state index in [4.69, 9.17) is 14.3 Å². The summed E-state index contributed by atoms with van der Waals surface area (Å²) in [5, 5.41) is 4.02. The number of hydrogen-bond donors (Lipinski definition) is 0. The van der Waals surface area contributed by atoms with E-state index in [1.165, 1.54) is 0 Å². The van der Waals surface area contributed by atoms with Gasteiger partial charge in [0.2, 0.25) is 0 Å². The van der Waals surface area contributed by atoms with Gasteiger partial charge in [-0.05, 0) is 57.5 Å². The largest absolute Gasteiger partial charge is 0.490 e. The van der Waals surface area contributed by atoms with E-state index in [9.17, 15) is 0 Å². The minimum absolute atomic E-state index is 0.489. The number of allylic oxidation sites excluding steroid dienone is 1. The molecule has 0 aromatic heterocycles. The number of rotatable bonds is 10. The third kappa shape index (κ3) is 6.62. The van der Waals surface area contributed by atoms with Gasteiger partial charge in [-0.3, -0.25) is 4.90 Å². The van der Waals surface area contributed by atoms with E-state index in [0.717, 1.165) is 34.8 Å². The molecule has 1 aromatic carbocycles. The van der Waals surface area contributed by atoms with Gasteiger partial charge in [0.15, 0.2) is 0 Å². The molecule has 0 unspecified atom stereocenters. The maximum Gasteiger partial charge on any atom is 0.142 e. The lowest BCUT2D eigenvalue weighted by Crippen LogP contribution is -2.29. The molecule has 24 heavy (non-hydrogen) atoms. The molecular formula is C19H30N2O3. The van der Waals surface area contributed by atoms with Crippen LogP contribution in [0.4, 0.5) is 0 Å². The van der Waals surface area contributed by atoms with E-state index < -0.39 is 0 Å². The van der Waals surface area contributed by atoms with Gasteiger partial charge in [-0.1, -0.05) is 24.2 Å². The number of nitrogens with zero attached hydrogens (tertiary/aromatic N) is 2. The van der Waals surface area contributed by atoms with Gasteiger partial charge in [-0.2, -0.15) is 0 Å². The number of oxime groups is 1. The first-order valence-electron chi connectivity index (χ1n) is 8.27. The monoisotopic (exact) mass is 334 g/mol. The summed E-state index contributed by atoms with van der Waals surface area (Å²) in [6.07, 6.45) is 4.82. The molecule has 1 aromatic rings. The van der Waals surface area contributed by atoms with Crippen molar-refractivity contribution in [2.75, 3.05) is 34.0 Å². The second-order valence-electron chi connectivity index (χ2n) is 5.75. The fourth-order valence-electron chi connectivity index (χ4n) is 2.33. The number of hydrogen-bond acceptors (Lipinski definition) is 5. The van der Waals surface area contributed by atoms with Gasteiger partial charge in [0.1, 0.15) is 31.9 Å². The topological polar surface area (TPSA) is 43.3 Å². The molecule has 0 amide bonds. The maximum atomic E-state index is 5.99. The molecule has 5 heteroatoms. The SMILES string of the molecule is C/C=C/COc1cc(C)c(OCN(C)C/C(CC)=N/OC)c(C)c1. The Morgan fingerprint density at radius 3 is 2.42 bits per heavy atom. The first-order chi connectivity index (χ1) is 11.5. The average Bonchev–Trinajstić information content (AvgIpc) is 2.54. The highest BCUT2D eigenvalue weighted by molar-refractivity contribution is 5.85. The van der Waals surface area contributed by atoms with Crippen molar-refractivity contribution in [2.45, 2.75) is 34.1 Å². The van der Waals surface area contributed by atoms with Crippen molar-refractivity contribution in [3.63, 3.8) is 0 Å². The molecule has 0 fully saturated rings. The summed E-state index contributed by atoms with van der Waals surface area (Å²) >= 11 is 0. The van der Waals surface area contributed by atoms with E-state index in [0.29, 0.717) is 19.9 Å². The zero-order valence-electron chi connectivity index (χ0n) is 15.8. The smallest absolute Gasteiger partial charge is 0.142 e. The van der Waals surface area contributed by atoms with Gasteiger partial charge in [-0.25, -0.2) is 0 Å². The fourth-order valence-corrected chi connectivity index (χ4v) is 2.33. The standard InChI is InChI=1S/C19H30N2O3/c1-7-9-10-23-18-11-15(3)19(16(4)12-18)24-14-21(5)13-17(8-2)20-22-6/h7,9,11-12H,8,10,13-14H2,1-6H3/b9-7+,20-17+. The Hall–Kier alpha value is -2.01. The summed E-state index contributed by atoms with van der Waals surface area (Å²) in [6.45, 7) is 9.90. The highest BCUT2D eigenvalue weighted by atomic mass is 16.6. The van der Waals surface area contributed by atoms with Gasteiger partial charge in [-0.15, -0.1) is 0 Å². The zero-order valence-corrected chi connectivity index (χ0v) is 15.8. The Kier molecular flexibility index (Phi) is 8.94. The third-order valence-corrected chi connectivity index (χ3v) is 3.53. The molecule has 0 saturated heterocycles. The minimum atomic E-state index is 0.489. The molecule has 0 saturated carbocycles. The van der Waals surface area contributed by atoms with Crippen LogP contribution in [-0.4, -0.2) is 44.7 Å². The van der Waals surface area contributed by atoms with Crippen molar-refractivity contribution >= 4 is 5.71 Å². The molecule has 5 nitrogen and oxygen atoms in total. The van der Waals surface area contributed by atoms with Crippen molar-refractivity contribution in [3.05, 3.63) is 35.4 Å². The van der Waals surface area contributed by atoms with Crippen molar-refractivity contribution < 1.29 is 14.3 Å². The van der Waals surface area contributed by atoms with Gasteiger partial charge in [0, 0.05) is 6.54 Å². The molecule has 0 radical (unpaired) electrons. The summed E-state index contributed by atoms with van der Waals surface area (Å²) in [5.74, 6) is 1.77. The summed E-state index contributed by atoms with van der Waals surface area (Å²) < 4.78 is 11.7. The molecule has 0 atom stereocenters. The Balaban J connectivity index is 2.66. The van der Waals surface area contributed by atoms with Crippen molar-refractivity contribution in [1.82, 2.24) is 4.90 Å². The summed E-state index contributed by atoms with van der Waals surface area (Å²) in [5.41, 5.74) is 3.13. The normalized spacial score (nSPS) is 12.0. The highest BCUT2D eigenvalue weighted by Gasteiger charge is 2.10. The lowest BCUT2D eigenvalue weighted by atomic mass is 10.1. The van der Waals surface area contributed by atoms with E-state index in [1.807, 2.05) is 52.1 Å². The molecule has 0 spiro atoms. The Morgan fingerprint density at radius 1 is 1.21 bits per heavy atom. The summed E-state index contributed by atoms with van der Waals surface area (Å²) in [7, 11) is 3.57. The van der Waals surface area contributed by atoms with Crippen LogP contribution in [0.2, 0.25) is 0 Å². The molecule has 134 valence electrons. The molecule has 0 aliphatic rings. The van der Waals surface area contributed by atoms with Gasteiger partial charge >= 0.3 is 0 Å². The van der Waals surface area contributed by atoms with Gasteiger partial charge in [0.05, 0.1) is 5.71 Å². The van der Waals surface area contributed by atoms with E-state index in [1.54, 1.807) is 7.11 Å². The average molecular weight is 334 g/mol. The second-order valence-corrected chi connectivity index (χ2v) is 5.75. The molecule has 0 bridgehead atoms. The molecule has 0 N–H and O–H groups in total. The predicted molar refractivity (Wildman–Crippen MR) is 99.1 cm³/mol. The third-order valence-electron chi connectivity index (χ3n) is 3.53. The van der Waals surface area contributed by atoms with Crippen LogP contribution in [0.1, 0.15) is 31.4 Å². The van der Waals surface area contributed by atoms with Gasteiger partial charge < -0.3 is 14.3 Å².